The van der Waals surface area contributed by atoms with Crippen LogP contribution in [0.1, 0.15) is 51.2 Å². The molecule has 0 bridgehead atoms. The molecular weight excluding hydrogens is 317 g/mol. The molecule has 5 heteroatoms. The minimum Gasteiger partial charge on any atom is -0.396 e. The quantitative estimate of drug-likeness (QED) is 0.784. The van der Waals surface area contributed by atoms with E-state index in [9.17, 15) is 9.18 Å². The zero-order chi connectivity index (χ0) is 18.1. The number of nitrogens with one attached hydrogen (secondary N) is 1. The van der Waals surface area contributed by atoms with Crippen LogP contribution in [0.25, 0.3) is 16.5 Å². The molecule has 0 amide bonds. The summed E-state index contributed by atoms with van der Waals surface area (Å²) in [6, 6.07) is 2.25. The molecule has 0 saturated heterocycles. The van der Waals surface area contributed by atoms with Crippen LogP contribution in [0.2, 0.25) is 0 Å². The molecule has 0 radical (unpaired) electrons. The fraction of sp³-hybridized carbons (Fsp3) is 0.450. The van der Waals surface area contributed by atoms with Crippen LogP contribution < -0.4 is 16.5 Å². The Balaban J connectivity index is 2.22. The van der Waals surface area contributed by atoms with Crippen molar-refractivity contribution in [2.24, 2.45) is 0 Å². The summed E-state index contributed by atoms with van der Waals surface area (Å²) in [7, 11) is 0. The molecule has 0 atom stereocenters. The first-order valence-electron chi connectivity index (χ1n) is 9.02. The average molecular weight is 343 g/mol. The summed E-state index contributed by atoms with van der Waals surface area (Å²) >= 11 is 0. The summed E-state index contributed by atoms with van der Waals surface area (Å²) in [6.07, 6.45) is 6.98. The molecule has 2 aromatic rings. The Morgan fingerprint density at radius 2 is 2.16 bits per heavy atom. The molecular formula is C20H26FN3O. The maximum Gasteiger partial charge on any atom is 0.199 e. The third-order valence-electron chi connectivity index (χ3n) is 4.86. The van der Waals surface area contributed by atoms with Gasteiger partial charge in [-0.1, -0.05) is 13.0 Å². The van der Waals surface area contributed by atoms with E-state index in [-0.39, 0.29) is 16.5 Å². The summed E-state index contributed by atoms with van der Waals surface area (Å²) < 4.78 is 16.8. The second-order valence-corrected chi connectivity index (χ2v) is 6.77. The molecule has 0 unspecified atom stereocenters. The van der Waals surface area contributed by atoms with Gasteiger partial charge in [-0.05, 0) is 44.7 Å². The third kappa shape index (κ3) is 3.33. The molecule has 1 aliphatic rings. The molecule has 1 aromatic heterocycles. The maximum atomic E-state index is 14.8. The lowest BCUT2D eigenvalue weighted by Crippen LogP contribution is -2.20. The van der Waals surface area contributed by atoms with E-state index in [0.29, 0.717) is 35.8 Å². The number of fused-ring (bicyclic) bond motifs is 1. The SMILES string of the molecule is CC/C=C(/C)c1cn(CC)c2cc(CNC3CC3)c(F)c(N)c2c1=O. The fourth-order valence-corrected chi connectivity index (χ4v) is 3.23. The number of benzene rings is 1. The van der Waals surface area contributed by atoms with Crippen molar-refractivity contribution in [1.29, 1.82) is 0 Å². The molecule has 1 fully saturated rings. The number of halogens is 1. The lowest BCUT2D eigenvalue weighted by molar-refractivity contribution is 0.591. The van der Waals surface area contributed by atoms with Crippen molar-refractivity contribution in [3.05, 3.63) is 45.5 Å². The van der Waals surface area contributed by atoms with Crippen LogP contribution >= 0.6 is 0 Å². The number of anilines is 1. The largest absolute Gasteiger partial charge is 0.396 e. The van der Waals surface area contributed by atoms with Gasteiger partial charge in [0.15, 0.2) is 11.2 Å². The molecule has 3 N–H and O–H groups in total. The number of allylic oxidation sites excluding steroid dienone is 2. The normalized spacial score (nSPS) is 15.1. The fourth-order valence-electron chi connectivity index (χ4n) is 3.23. The second-order valence-electron chi connectivity index (χ2n) is 6.77. The van der Waals surface area contributed by atoms with Crippen molar-refractivity contribution in [3.63, 3.8) is 0 Å². The molecule has 1 saturated carbocycles. The number of nitrogen functional groups attached to an aromatic ring is 1. The molecule has 134 valence electrons. The standard InChI is InChI=1S/C20H26FN3O/c1-4-6-12(3)15-11-24(5-2)16-9-13(10-23-14-7-8-14)18(21)19(22)17(16)20(15)25/h6,9,11,14,23H,4-5,7-8,10,22H2,1-3H3/b12-6-. The smallest absolute Gasteiger partial charge is 0.199 e. The van der Waals surface area contributed by atoms with Gasteiger partial charge >= 0.3 is 0 Å². The molecule has 4 nitrogen and oxygen atoms in total. The highest BCUT2D eigenvalue weighted by molar-refractivity contribution is 5.93. The Morgan fingerprint density at radius 1 is 1.44 bits per heavy atom. The van der Waals surface area contributed by atoms with Gasteiger partial charge in [0.2, 0.25) is 0 Å². The van der Waals surface area contributed by atoms with Gasteiger partial charge in [0.1, 0.15) is 0 Å². The summed E-state index contributed by atoms with van der Waals surface area (Å²) in [4.78, 5) is 13.0. The number of rotatable bonds is 6. The van der Waals surface area contributed by atoms with Gasteiger partial charge in [0.25, 0.3) is 0 Å². The van der Waals surface area contributed by atoms with E-state index in [4.69, 9.17) is 5.73 Å². The van der Waals surface area contributed by atoms with Crippen molar-refractivity contribution in [2.75, 3.05) is 5.73 Å². The first kappa shape index (κ1) is 17.7. The maximum absolute atomic E-state index is 14.8. The predicted octanol–water partition coefficient (Wildman–Crippen LogP) is 3.81. The van der Waals surface area contributed by atoms with Gasteiger partial charge < -0.3 is 15.6 Å². The molecule has 3 rings (SSSR count). The summed E-state index contributed by atoms with van der Waals surface area (Å²) in [5.74, 6) is -0.477. The molecule has 0 aliphatic heterocycles. The average Bonchev–Trinajstić information content (AvgIpc) is 3.41. The topological polar surface area (TPSA) is 60.1 Å². The number of pyridine rings is 1. The number of hydrogen-bond acceptors (Lipinski definition) is 3. The number of aromatic nitrogens is 1. The predicted molar refractivity (Wildman–Crippen MR) is 102 cm³/mol. The molecule has 1 aliphatic carbocycles. The van der Waals surface area contributed by atoms with E-state index >= 15 is 0 Å². The van der Waals surface area contributed by atoms with E-state index in [1.807, 2.05) is 37.6 Å². The van der Waals surface area contributed by atoms with Crippen LogP contribution in [0.3, 0.4) is 0 Å². The zero-order valence-corrected chi connectivity index (χ0v) is 15.2. The van der Waals surface area contributed by atoms with Gasteiger partial charge in [-0.3, -0.25) is 4.79 Å². The van der Waals surface area contributed by atoms with Crippen molar-refractivity contribution in [1.82, 2.24) is 9.88 Å². The van der Waals surface area contributed by atoms with Crippen molar-refractivity contribution in [3.8, 4) is 0 Å². The van der Waals surface area contributed by atoms with E-state index in [2.05, 4.69) is 5.32 Å². The van der Waals surface area contributed by atoms with E-state index in [1.54, 1.807) is 6.07 Å². The highest BCUT2D eigenvalue weighted by Gasteiger charge is 2.22. The molecule has 25 heavy (non-hydrogen) atoms. The first-order valence-corrected chi connectivity index (χ1v) is 9.02. The Morgan fingerprint density at radius 3 is 2.76 bits per heavy atom. The van der Waals surface area contributed by atoms with Crippen LogP contribution in [-0.2, 0) is 13.1 Å². The van der Waals surface area contributed by atoms with Crippen LogP contribution in [0.5, 0.6) is 0 Å². The van der Waals surface area contributed by atoms with Crippen LogP contribution in [0.15, 0.2) is 23.1 Å². The molecule has 1 aromatic carbocycles. The number of aryl methyl sites for hydroxylation is 1. The van der Waals surface area contributed by atoms with Crippen LogP contribution in [-0.4, -0.2) is 10.6 Å². The van der Waals surface area contributed by atoms with E-state index < -0.39 is 5.82 Å². The summed E-state index contributed by atoms with van der Waals surface area (Å²) in [5, 5.41) is 3.60. The van der Waals surface area contributed by atoms with Gasteiger partial charge in [-0.15, -0.1) is 0 Å². The Hall–Kier alpha value is -2.14. The Bertz CT molecular complexity index is 894. The number of nitrogens with zero attached hydrogens (tertiary/aromatic N) is 1. The highest BCUT2D eigenvalue weighted by atomic mass is 19.1. The minimum absolute atomic E-state index is 0.0385. The van der Waals surface area contributed by atoms with Gasteiger partial charge in [-0.25, -0.2) is 4.39 Å². The number of hydrogen-bond donors (Lipinski definition) is 2. The third-order valence-corrected chi connectivity index (χ3v) is 4.86. The second kappa shape index (κ2) is 7.00. The summed E-state index contributed by atoms with van der Waals surface area (Å²) in [5.41, 5.74) is 8.55. The Labute approximate surface area is 147 Å². The molecule has 1 heterocycles. The van der Waals surface area contributed by atoms with Crippen molar-refractivity contribution >= 4 is 22.2 Å². The first-order chi connectivity index (χ1) is 12.0. The number of nitrogens with two attached hydrogens (primary N) is 1. The monoisotopic (exact) mass is 343 g/mol. The van der Waals surface area contributed by atoms with E-state index in [0.717, 1.165) is 24.8 Å². The highest BCUT2D eigenvalue weighted by Crippen LogP contribution is 2.28. The van der Waals surface area contributed by atoms with Gasteiger partial charge in [0.05, 0.1) is 16.6 Å². The zero-order valence-electron chi connectivity index (χ0n) is 15.2. The lowest BCUT2D eigenvalue weighted by atomic mass is 10.0. The van der Waals surface area contributed by atoms with Gasteiger partial charge in [-0.2, -0.15) is 0 Å². The minimum atomic E-state index is -0.477. The van der Waals surface area contributed by atoms with Crippen LogP contribution in [0, 0.1) is 5.82 Å². The van der Waals surface area contributed by atoms with Crippen molar-refractivity contribution < 1.29 is 4.39 Å². The van der Waals surface area contributed by atoms with Crippen molar-refractivity contribution in [2.45, 2.75) is 59.2 Å². The molecule has 0 spiro atoms. The van der Waals surface area contributed by atoms with Gasteiger partial charge in [0, 0.05) is 36.5 Å². The van der Waals surface area contributed by atoms with Crippen LogP contribution in [0.4, 0.5) is 10.1 Å². The lowest BCUT2D eigenvalue weighted by Gasteiger charge is -2.16. The van der Waals surface area contributed by atoms with E-state index in [1.165, 1.54) is 0 Å². The summed E-state index contributed by atoms with van der Waals surface area (Å²) in [6.45, 7) is 7.06. The Kier molecular flexibility index (Phi) is 4.95.